The number of amides is 2. The van der Waals surface area contributed by atoms with E-state index in [-0.39, 0.29) is 17.7 Å². The lowest BCUT2D eigenvalue weighted by molar-refractivity contribution is -0.123. The fourth-order valence-electron chi connectivity index (χ4n) is 2.84. The summed E-state index contributed by atoms with van der Waals surface area (Å²) in [4.78, 5) is 30.1. The Hall–Kier alpha value is -2.43. The van der Waals surface area contributed by atoms with Crippen molar-refractivity contribution in [3.05, 3.63) is 42.1 Å². The Balaban J connectivity index is 1.92. The molecule has 1 aliphatic heterocycles. The van der Waals surface area contributed by atoms with E-state index in [1.54, 1.807) is 17.2 Å². The van der Waals surface area contributed by atoms with Crippen LogP contribution in [0.15, 0.2) is 36.5 Å². The van der Waals surface area contributed by atoms with Gasteiger partial charge in [0.1, 0.15) is 0 Å². The first-order valence-corrected chi connectivity index (χ1v) is 7.09. The molecule has 0 radical (unpaired) electrons. The predicted octanol–water partition coefficient (Wildman–Crippen LogP) is 1.57. The van der Waals surface area contributed by atoms with Crippen LogP contribution in [-0.4, -0.2) is 34.8 Å². The molecule has 1 unspecified atom stereocenters. The molecule has 108 valence electrons. The smallest absolute Gasteiger partial charge is 0.256 e. The number of piperidine rings is 1. The van der Waals surface area contributed by atoms with Gasteiger partial charge in [-0.15, -0.1) is 0 Å². The number of hydrogen-bond acceptors (Lipinski definition) is 3. The summed E-state index contributed by atoms with van der Waals surface area (Å²) < 4.78 is 0. The number of rotatable bonds is 2. The zero-order valence-corrected chi connectivity index (χ0v) is 11.7. The third-order valence-electron chi connectivity index (χ3n) is 3.97. The predicted molar refractivity (Wildman–Crippen MR) is 79.6 cm³/mol. The average molecular weight is 283 g/mol. The van der Waals surface area contributed by atoms with Crippen LogP contribution in [0.25, 0.3) is 10.9 Å². The van der Waals surface area contributed by atoms with E-state index >= 15 is 0 Å². The van der Waals surface area contributed by atoms with Gasteiger partial charge in [0.15, 0.2) is 0 Å². The van der Waals surface area contributed by atoms with Gasteiger partial charge in [0.25, 0.3) is 5.91 Å². The summed E-state index contributed by atoms with van der Waals surface area (Å²) in [6.07, 6.45) is 3.24. The van der Waals surface area contributed by atoms with Crippen LogP contribution in [-0.2, 0) is 4.79 Å². The molecule has 1 aromatic carbocycles. The first kappa shape index (κ1) is 13.5. The molecule has 5 nitrogen and oxygen atoms in total. The second kappa shape index (κ2) is 5.52. The minimum absolute atomic E-state index is 0.0785. The van der Waals surface area contributed by atoms with Crippen molar-refractivity contribution >= 4 is 22.7 Å². The number of fused-ring (bicyclic) bond motifs is 1. The fraction of sp³-hybridized carbons (Fsp3) is 0.312. The Morgan fingerprint density at radius 3 is 2.86 bits per heavy atom. The molecule has 2 N–H and O–H groups in total. The number of carbonyl (C=O) groups excluding carboxylic acids is 2. The van der Waals surface area contributed by atoms with Gasteiger partial charge in [-0.05, 0) is 25.0 Å². The highest BCUT2D eigenvalue weighted by Crippen LogP contribution is 2.22. The number of nitrogens with two attached hydrogens (primary N) is 1. The van der Waals surface area contributed by atoms with E-state index in [9.17, 15) is 9.59 Å². The van der Waals surface area contributed by atoms with Crippen LogP contribution < -0.4 is 5.73 Å². The maximum absolute atomic E-state index is 12.7. The van der Waals surface area contributed by atoms with E-state index in [0.717, 1.165) is 18.2 Å². The van der Waals surface area contributed by atoms with Gasteiger partial charge in [0, 0.05) is 24.7 Å². The van der Waals surface area contributed by atoms with Crippen LogP contribution in [0.4, 0.5) is 0 Å². The molecular weight excluding hydrogens is 266 g/mol. The molecular formula is C16H17N3O2. The fourth-order valence-corrected chi connectivity index (χ4v) is 2.84. The lowest BCUT2D eigenvalue weighted by Gasteiger charge is -2.31. The van der Waals surface area contributed by atoms with Crippen LogP contribution in [0.3, 0.4) is 0 Å². The molecule has 0 saturated carbocycles. The minimum atomic E-state index is -0.330. The van der Waals surface area contributed by atoms with E-state index in [0.29, 0.717) is 24.2 Å². The van der Waals surface area contributed by atoms with Gasteiger partial charge in [-0.3, -0.25) is 14.6 Å². The van der Waals surface area contributed by atoms with Crippen LogP contribution in [0.1, 0.15) is 23.2 Å². The van der Waals surface area contributed by atoms with Crippen LogP contribution in [0, 0.1) is 5.92 Å². The molecule has 2 aromatic rings. The van der Waals surface area contributed by atoms with Crippen molar-refractivity contribution in [1.29, 1.82) is 0 Å². The van der Waals surface area contributed by atoms with E-state index in [1.807, 2.05) is 24.3 Å². The second-order valence-corrected chi connectivity index (χ2v) is 5.37. The van der Waals surface area contributed by atoms with Crippen LogP contribution in [0.2, 0.25) is 0 Å². The van der Waals surface area contributed by atoms with Gasteiger partial charge in [-0.2, -0.15) is 0 Å². The molecule has 2 heterocycles. The first-order chi connectivity index (χ1) is 10.2. The molecule has 0 bridgehead atoms. The van der Waals surface area contributed by atoms with Crippen molar-refractivity contribution in [1.82, 2.24) is 9.88 Å². The summed E-state index contributed by atoms with van der Waals surface area (Å²) >= 11 is 0. The van der Waals surface area contributed by atoms with Crippen molar-refractivity contribution in [3.8, 4) is 0 Å². The Morgan fingerprint density at radius 2 is 2.05 bits per heavy atom. The molecule has 21 heavy (non-hydrogen) atoms. The highest BCUT2D eigenvalue weighted by molar-refractivity contribution is 6.05. The summed E-state index contributed by atoms with van der Waals surface area (Å²) in [5.41, 5.74) is 6.65. The molecule has 1 saturated heterocycles. The molecule has 0 spiro atoms. The first-order valence-electron chi connectivity index (χ1n) is 7.09. The summed E-state index contributed by atoms with van der Waals surface area (Å²) in [5, 5.41) is 0.937. The molecule has 5 heteroatoms. The molecule has 1 aromatic heterocycles. The van der Waals surface area contributed by atoms with Crippen molar-refractivity contribution in [3.63, 3.8) is 0 Å². The quantitative estimate of drug-likeness (QED) is 0.909. The Kier molecular flexibility index (Phi) is 3.56. The van der Waals surface area contributed by atoms with Crippen molar-refractivity contribution < 1.29 is 9.59 Å². The largest absolute Gasteiger partial charge is 0.369 e. The number of benzene rings is 1. The van der Waals surface area contributed by atoms with Gasteiger partial charge in [-0.25, -0.2) is 0 Å². The highest BCUT2D eigenvalue weighted by atomic mass is 16.2. The standard InChI is InChI=1S/C16H17N3O2/c17-15(20)12-6-3-9-19(10-12)16(21)13-7-1-4-11-5-2-8-18-14(11)13/h1-2,4-5,7-8,12H,3,6,9-10H2,(H2,17,20). The maximum atomic E-state index is 12.7. The number of aromatic nitrogens is 1. The number of nitrogens with zero attached hydrogens (tertiary/aromatic N) is 2. The maximum Gasteiger partial charge on any atom is 0.256 e. The van der Waals surface area contributed by atoms with E-state index in [1.165, 1.54) is 0 Å². The molecule has 3 rings (SSSR count). The summed E-state index contributed by atoms with van der Waals surface area (Å²) in [6, 6.07) is 9.35. The molecule has 1 aliphatic rings. The second-order valence-electron chi connectivity index (χ2n) is 5.37. The summed E-state index contributed by atoms with van der Waals surface area (Å²) in [7, 11) is 0. The number of hydrogen-bond donors (Lipinski definition) is 1. The SMILES string of the molecule is NC(=O)C1CCCN(C(=O)c2cccc3cccnc23)C1. The zero-order chi connectivity index (χ0) is 14.8. The average Bonchev–Trinajstić information content (AvgIpc) is 2.53. The molecule has 0 aliphatic carbocycles. The third kappa shape index (κ3) is 2.59. The Morgan fingerprint density at radius 1 is 1.24 bits per heavy atom. The summed E-state index contributed by atoms with van der Waals surface area (Å²) in [6.45, 7) is 1.06. The van der Waals surface area contributed by atoms with E-state index < -0.39 is 0 Å². The topological polar surface area (TPSA) is 76.3 Å². The lowest BCUT2D eigenvalue weighted by Crippen LogP contribution is -2.44. The number of likely N-dealkylation sites (tertiary alicyclic amines) is 1. The van der Waals surface area contributed by atoms with Crippen molar-refractivity contribution in [2.75, 3.05) is 13.1 Å². The van der Waals surface area contributed by atoms with E-state index in [2.05, 4.69) is 4.98 Å². The van der Waals surface area contributed by atoms with Gasteiger partial charge < -0.3 is 10.6 Å². The van der Waals surface area contributed by atoms with Crippen LogP contribution in [0.5, 0.6) is 0 Å². The molecule has 1 fully saturated rings. The Bertz CT molecular complexity index is 693. The zero-order valence-electron chi connectivity index (χ0n) is 11.7. The summed E-state index contributed by atoms with van der Waals surface area (Å²) in [5.74, 6) is -0.653. The highest BCUT2D eigenvalue weighted by Gasteiger charge is 2.28. The number of primary amides is 1. The van der Waals surface area contributed by atoms with Gasteiger partial charge in [0.2, 0.25) is 5.91 Å². The number of pyridine rings is 1. The molecule has 1 atom stereocenters. The van der Waals surface area contributed by atoms with Crippen LogP contribution >= 0.6 is 0 Å². The van der Waals surface area contributed by atoms with E-state index in [4.69, 9.17) is 5.73 Å². The third-order valence-corrected chi connectivity index (χ3v) is 3.97. The normalized spacial score (nSPS) is 18.7. The van der Waals surface area contributed by atoms with Gasteiger partial charge in [0.05, 0.1) is 17.0 Å². The number of para-hydroxylation sites is 1. The lowest BCUT2D eigenvalue weighted by atomic mass is 9.96. The molecule has 2 amide bonds. The van der Waals surface area contributed by atoms with Gasteiger partial charge >= 0.3 is 0 Å². The van der Waals surface area contributed by atoms with Crippen molar-refractivity contribution in [2.45, 2.75) is 12.8 Å². The monoisotopic (exact) mass is 283 g/mol. The minimum Gasteiger partial charge on any atom is -0.369 e. The Labute approximate surface area is 122 Å². The van der Waals surface area contributed by atoms with Crippen molar-refractivity contribution in [2.24, 2.45) is 11.7 Å². The van der Waals surface area contributed by atoms with Gasteiger partial charge in [-0.1, -0.05) is 18.2 Å². The number of carbonyl (C=O) groups is 2.